The van der Waals surface area contributed by atoms with Crippen LogP contribution >= 0.6 is 11.5 Å². The van der Waals surface area contributed by atoms with Crippen LogP contribution in [0.2, 0.25) is 0 Å². The second kappa shape index (κ2) is 5.32. The molecule has 3 rings (SSSR count). The number of benzene rings is 1. The highest BCUT2D eigenvalue weighted by Crippen LogP contribution is 2.27. The fourth-order valence-corrected chi connectivity index (χ4v) is 3.40. The molecule has 4 nitrogen and oxygen atoms in total. The van der Waals surface area contributed by atoms with Gasteiger partial charge in [0.1, 0.15) is 10.8 Å². The molecule has 106 valence electrons. The van der Waals surface area contributed by atoms with Gasteiger partial charge in [-0.1, -0.05) is 12.1 Å². The van der Waals surface area contributed by atoms with Crippen molar-refractivity contribution in [2.45, 2.75) is 13.8 Å². The maximum atomic E-state index is 5.70. The molecule has 5 heteroatoms. The number of nitrogens with two attached hydrogens (primary N) is 1. The summed E-state index contributed by atoms with van der Waals surface area (Å²) in [5.74, 6) is 0.627. The normalized spacial score (nSPS) is 15.7. The predicted molar refractivity (Wildman–Crippen MR) is 86.9 cm³/mol. The van der Waals surface area contributed by atoms with Crippen LogP contribution in [-0.4, -0.2) is 30.6 Å². The van der Waals surface area contributed by atoms with Crippen LogP contribution in [0.5, 0.6) is 0 Å². The summed E-state index contributed by atoms with van der Waals surface area (Å²) in [6, 6.07) is 8.52. The largest absolute Gasteiger partial charge is 0.383 e. The molecule has 0 saturated carbocycles. The van der Waals surface area contributed by atoms with Crippen molar-refractivity contribution in [2.75, 3.05) is 41.7 Å². The van der Waals surface area contributed by atoms with Crippen LogP contribution < -0.4 is 15.5 Å². The third-order valence-electron chi connectivity index (χ3n) is 4.02. The number of hydrogen-bond acceptors (Lipinski definition) is 5. The number of nitrogen functional groups attached to an aromatic ring is 1. The Bertz CT molecular complexity index is 600. The zero-order chi connectivity index (χ0) is 14.1. The molecule has 0 amide bonds. The van der Waals surface area contributed by atoms with Gasteiger partial charge in [0.05, 0.1) is 0 Å². The van der Waals surface area contributed by atoms with Crippen molar-refractivity contribution < 1.29 is 0 Å². The Balaban J connectivity index is 1.71. The molecule has 0 bridgehead atoms. The fraction of sp³-hybridized carbons (Fsp3) is 0.400. The van der Waals surface area contributed by atoms with Crippen LogP contribution in [0.15, 0.2) is 24.3 Å². The van der Waals surface area contributed by atoms with Gasteiger partial charge in [-0.3, -0.25) is 0 Å². The van der Waals surface area contributed by atoms with Crippen LogP contribution in [-0.2, 0) is 0 Å². The number of aromatic nitrogens is 1. The van der Waals surface area contributed by atoms with E-state index in [1.54, 1.807) is 0 Å². The first-order valence-electron chi connectivity index (χ1n) is 6.93. The lowest BCUT2D eigenvalue weighted by molar-refractivity contribution is 0.656. The van der Waals surface area contributed by atoms with E-state index in [0.717, 1.165) is 26.2 Å². The van der Waals surface area contributed by atoms with E-state index in [9.17, 15) is 0 Å². The molecule has 0 radical (unpaired) electrons. The van der Waals surface area contributed by atoms with Gasteiger partial charge in [-0.05, 0) is 42.6 Å². The molecule has 0 atom stereocenters. The van der Waals surface area contributed by atoms with Crippen molar-refractivity contribution >= 4 is 28.0 Å². The van der Waals surface area contributed by atoms with E-state index in [-0.39, 0.29) is 0 Å². The summed E-state index contributed by atoms with van der Waals surface area (Å²) < 4.78 is 4.16. The van der Waals surface area contributed by atoms with Gasteiger partial charge in [-0.2, -0.15) is 4.37 Å². The Hall–Kier alpha value is -1.75. The Morgan fingerprint density at radius 1 is 1.10 bits per heavy atom. The average molecular weight is 288 g/mol. The van der Waals surface area contributed by atoms with Crippen LogP contribution in [0.25, 0.3) is 0 Å². The molecule has 2 aromatic rings. The van der Waals surface area contributed by atoms with Gasteiger partial charge in [0.2, 0.25) is 0 Å². The van der Waals surface area contributed by atoms with Gasteiger partial charge in [0.15, 0.2) is 0 Å². The minimum atomic E-state index is 0.627. The van der Waals surface area contributed by atoms with Crippen LogP contribution in [0.1, 0.15) is 11.1 Å². The van der Waals surface area contributed by atoms with Gasteiger partial charge in [-0.25, -0.2) is 0 Å². The zero-order valence-corrected chi connectivity index (χ0v) is 12.8. The highest BCUT2D eigenvalue weighted by molar-refractivity contribution is 7.10. The Kier molecular flexibility index (Phi) is 3.53. The van der Waals surface area contributed by atoms with Gasteiger partial charge in [0, 0.05) is 37.9 Å². The summed E-state index contributed by atoms with van der Waals surface area (Å²) in [6.45, 7) is 8.52. The second-order valence-electron chi connectivity index (χ2n) is 5.28. The number of rotatable bonds is 2. The van der Waals surface area contributed by atoms with E-state index in [2.05, 4.69) is 46.2 Å². The maximum Gasteiger partial charge on any atom is 0.139 e. The quantitative estimate of drug-likeness (QED) is 0.923. The summed E-state index contributed by atoms with van der Waals surface area (Å²) in [6.07, 6.45) is 0. The lowest BCUT2D eigenvalue weighted by atomic mass is 10.1. The summed E-state index contributed by atoms with van der Waals surface area (Å²) in [4.78, 5) is 4.85. The molecule has 0 spiro atoms. The van der Waals surface area contributed by atoms with Crippen LogP contribution in [0.4, 0.5) is 16.5 Å². The molecule has 0 aliphatic carbocycles. The highest BCUT2D eigenvalue weighted by atomic mass is 32.1. The first kappa shape index (κ1) is 13.2. The topological polar surface area (TPSA) is 45.4 Å². The van der Waals surface area contributed by atoms with Crippen LogP contribution in [0, 0.1) is 13.8 Å². The lowest BCUT2D eigenvalue weighted by Crippen LogP contribution is -2.46. The summed E-state index contributed by atoms with van der Waals surface area (Å²) >= 11 is 1.49. The summed E-state index contributed by atoms with van der Waals surface area (Å²) in [7, 11) is 0. The van der Waals surface area contributed by atoms with Crippen molar-refractivity contribution in [2.24, 2.45) is 0 Å². The number of piperazine rings is 1. The molecule has 1 aliphatic rings. The van der Waals surface area contributed by atoms with Crippen molar-refractivity contribution in [3.05, 3.63) is 35.4 Å². The second-order valence-corrected chi connectivity index (χ2v) is 6.07. The minimum Gasteiger partial charge on any atom is -0.383 e. The zero-order valence-electron chi connectivity index (χ0n) is 12.0. The minimum absolute atomic E-state index is 0.627. The first-order valence-corrected chi connectivity index (χ1v) is 7.71. The molecule has 2 N–H and O–H groups in total. The Labute approximate surface area is 124 Å². The number of nitrogens with zero attached hydrogens (tertiary/aromatic N) is 3. The van der Waals surface area contributed by atoms with Gasteiger partial charge < -0.3 is 15.5 Å². The molecule has 1 fully saturated rings. The van der Waals surface area contributed by atoms with E-state index in [1.165, 1.54) is 33.3 Å². The summed E-state index contributed by atoms with van der Waals surface area (Å²) in [5, 5.41) is 1.18. The van der Waals surface area contributed by atoms with E-state index in [4.69, 9.17) is 5.73 Å². The summed E-state index contributed by atoms with van der Waals surface area (Å²) in [5.41, 5.74) is 9.82. The highest BCUT2D eigenvalue weighted by Gasteiger charge is 2.20. The van der Waals surface area contributed by atoms with Crippen molar-refractivity contribution in [1.29, 1.82) is 0 Å². The monoisotopic (exact) mass is 288 g/mol. The molecule has 0 unspecified atom stereocenters. The third-order valence-corrected chi connectivity index (χ3v) is 4.89. The SMILES string of the molecule is Cc1cccc(N2CCN(c3cc(N)ns3)CC2)c1C. The number of hydrogen-bond donors (Lipinski definition) is 1. The van der Waals surface area contributed by atoms with Gasteiger partial charge in [-0.15, -0.1) is 0 Å². The predicted octanol–water partition coefficient (Wildman–Crippen LogP) is 2.67. The van der Waals surface area contributed by atoms with E-state index >= 15 is 0 Å². The Morgan fingerprint density at radius 3 is 2.45 bits per heavy atom. The van der Waals surface area contributed by atoms with Crippen molar-refractivity contribution in [3.63, 3.8) is 0 Å². The molecule has 1 saturated heterocycles. The number of anilines is 3. The van der Waals surface area contributed by atoms with Gasteiger partial charge >= 0.3 is 0 Å². The van der Waals surface area contributed by atoms with E-state index in [0.29, 0.717) is 5.82 Å². The van der Waals surface area contributed by atoms with Gasteiger partial charge in [0.25, 0.3) is 0 Å². The van der Waals surface area contributed by atoms with E-state index in [1.807, 2.05) is 6.07 Å². The molecular formula is C15H20N4S. The molecule has 1 aliphatic heterocycles. The third kappa shape index (κ3) is 2.45. The van der Waals surface area contributed by atoms with E-state index < -0.39 is 0 Å². The average Bonchev–Trinajstić information content (AvgIpc) is 2.89. The smallest absolute Gasteiger partial charge is 0.139 e. The molecule has 20 heavy (non-hydrogen) atoms. The Morgan fingerprint density at radius 2 is 1.80 bits per heavy atom. The van der Waals surface area contributed by atoms with Crippen LogP contribution in [0.3, 0.4) is 0 Å². The molecular weight excluding hydrogens is 268 g/mol. The van der Waals surface area contributed by atoms with Crippen molar-refractivity contribution in [1.82, 2.24) is 4.37 Å². The fourth-order valence-electron chi connectivity index (χ4n) is 2.67. The van der Waals surface area contributed by atoms with Crippen molar-refractivity contribution in [3.8, 4) is 0 Å². The molecule has 1 aromatic carbocycles. The number of aryl methyl sites for hydroxylation is 1. The lowest BCUT2D eigenvalue weighted by Gasteiger charge is -2.37. The molecule has 2 heterocycles. The maximum absolute atomic E-state index is 5.70. The standard InChI is InChI=1S/C15H20N4S/c1-11-4-3-5-13(12(11)2)18-6-8-19(9-7-18)15-10-14(16)17-20-15/h3-5,10H,6-9H2,1-2H3,(H2,16,17). The first-order chi connectivity index (χ1) is 9.65. The molecule has 1 aromatic heterocycles.